The Hall–Kier alpha value is -2.98. The van der Waals surface area contributed by atoms with Gasteiger partial charge in [0.1, 0.15) is 4.32 Å². The first-order valence-electron chi connectivity index (χ1n) is 7.76. The molecule has 2 aromatic rings. The van der Waals surface area contributed by atoms with E-state index in [1.165, 1.54) is 17.0 Å². The van der Waals surface area contributed by atoms with Crippen LogP contribution in [-0.4, -0.2) is 42.2 Å². The van der Waals surface area contributed by atoms with Gasteiger partial charge in [0.15, 0.2) is 0 Å². The summed E-state index contributed by atoms with van der Waals surface area (Å²) in [5.41, 5.74) is 1.40. The first-order chi connectivity index (χ1) is 12.9. The number of hydrogen-bond acceptors (Lipinski definition) is 6. The van der Waals surface area contributed by atoms with Crippen molar-refractivity contribution < 1.29 is 19.6 Å². The molecule has 1 aliphatic heterocycles. The van der Waals surface area contributed by atoms with E-state index in [1.807, 2.05) is 0 Å². The number of nitrogens with zero attached hydrogens (tertiary/aromatic N) is 3. The quantitative estimate of drug-likeness (QED) is 0.342. The van der Waals surface area contributed by atoms with Crippen LogP contribution in [0.2, 0.25) is 0 Å². The van der Waals surface area contributed by atoms with Gasteiger partial charge in [-0.05, 0) is 30.3 Å². The van der Waals surface area contributed by atoms with Crippen molar-refractivity contribution in [3.63, 3.8) is 0 Å². The minimum Gasteiger partial charge on any atom is -0.481 e. The van der Waals surface area contributed by atoms with E-state index in [1.54, 1.807) is 41.1 Å². The topological polar surface area (TPSA) is 106 Å². The van der Waals surface area contributed by atoms with E-state index in [0.717, 1.165) is 11.8 Å². The summed E-state index contributed by atoms with van der Waals surface area (Å²) in [6.07, 6.45) is 3.26. The van der Waals surface area contributed by atoms with Gasteiger partial charge in [0.2, 0.25) is 0 Å². The molecule has 1 N–H and O–H groups in total. The van der Waals surface area contributed by atoms with Crippen LogP contribution in [0, 0.1) is 10.1 Å². The fourth-order valence-electron chi connectivity index (χ4n) is 2.52. The first kappa shape index (κ1) is 18.8. The molecule has 0 atom stereocenters. The van der Waals surface area contributed by atoms with Gasteiger partial charge in [0, 0.05) is 36.3 Å². The highest BCUT2D eigenvalue weighted by Gasteiger charge is 2.32. The van der Waals surface area contributed by atoms with Crippen molar-refractivity contribution in [1.29, 1.82) is 0 Å². The van der Waals surface area contributed by atoms with Crippen LogP contribution in [0.5, 0.6) is 0 Å². The molecule has 27 heavy (non-hydrogen) atoms. The molecule has 1 aromatic heterocycles. The number of benzene rings is 1. The van der Waals surface area contributed by atoms with E-state index in [-0.39, 0.29) is 24.6 Å². The number of nitro groups is 1. The molecule has 0 radical (unpaired) electrons. The van der Waals surface area contributed by atoms with Crippen molar-refractivity contribution in [2.24, 2.45) is 0 Å². The molecule has 10 heteroatoms. The molecular formula is C17H13N3O5S2. The van der Waals surface area contributed by atoms with Gasteiger partial charge in [-0.3, -0.25) is 24.6 Å². The van der Waals surface area contributed by atoms with Crippen molar-refractivity contribution in [1.82, 2.24) is 9.47 Å². The van der Waals surface area contributed by atoms with E-state index < -0.39 is 10.9 Å². The second-order valence-electron chi connectivity index (χ2n) is 5.55. The van der Waals surface area contributed by atoms with Gasteiger partial charge in [-0.25, -0.2) is 0 Å². The maximum Gasteiger partial charge on any atom is 0.305 e. The molecule has 1 aliphatic rings. The lowest BCUT2D eigenvalue weighted by atomic mass is 10.2. The van der Waals surface area contributed by atoms with Gasteiger partial charge in [-0.15, -0.1) is 0 Å². The Morgan fingerprint density at radius 2 is 2.00 bits per heavy atom. The van der Waals surface area contributed by atoms with Crippen molar-refractivity contribution in [3.8, 4) is 5.69 Å². The SMILES string of the molecule is O=C(O)CCN1C(=O)/C(=C/c2cccn2-c2ccc([N+](=O)[O-])cc2)SC1=S. The van der Waals surface area contributed by atoms with Crippen LogP contribution in [0.25, 0.3) is 11.8 Å². The molecule has 3 rings (SSSR count). The van der Waals surface area contributed by atoms with Crippen LogP contribution >= 0.6 is 24.0 Å². The number of non-ortho nitro benzene ring substituents is 1. The summed E-state index contributed by atoms with van der Waals surface area (Å²) in [4.78, 5) is 35.2. The standard InChI is InChI=1S/C17H13N3O5S2/c21-15(22)7-9-19-16(23)14(27-17(19)26)10-13-2-1-8-18(13)11-3-5-12(6-4-11)20(24)25/h1-6,8,10H,7,9H2,(H,21,22)/b14-10-. The molecule has 8 nitrogen and oxygen atoms in total. The van der Waals surface area contributed by atoms with Gasteiger partial charge in [-0.1, -0.05) is 24.0 Å². The maximum atomic E-state index is 12.5. The second kappa shape index (κ2) is 7.72. The summed E-state index contributed by atoms with van der Waals surface area (Å²) in [6.45, 7) is 0.0285. The summed E-state index contributed by atoms with van der Waals surface area (Å²) in [5.74, 6) is -1.33. The summed E-state index contributed by atoms with van der Waals surface area (Å²) in [5, 5.41) is 19.6. The third-order valence-corrected chi connectivity index (χ3v) is 5.20. The number of carbonyl (C=O) groups excluding carboxylic acids is 1. The molecule has 1 amide bonds. The number of rotatable bonds is 6. The molecular weight excluding hydrogens is 390 g/mol. The van der Waals surface area contributed by atoms with E-state index in [2.05, 4.69) is 0 Å². The van der Waals surface area contributed by atoms with Crippen LogP contribution in [0.3, 0.4) is 0 Å². The van der Waals surface area contributed by atoms with Crippen molar-refractivity contribution >= 4 is 51.9 Å². The highest BCUT2D eigenvalue weighted by atomic mass is 32.2. The van der Waals surface area contributed by atoms with Gasteiger partial charge in [0.25, 0.3) is 11.6 Å². The third-order valence-electron chi connectivity index (χ3n) is 3.82. The summed E-state index contributed by atoms with van der Waals surface area (Å²) in [6, 6.07) is 9.64. The number of nitro benzene ring substituents is 1. The fraction of sp³-hybridized carbons (Fsp3) is 0.118. The average molecular weight is 403 g/mol. The number of carboxylic acid groups (broad SMARTS) is 1. The summed E-state index contributed by atoms with van der Waals surface area (Å²) < 4.78 is 2.11. The Morgan fingerprint density at radius 1 is 1.30 bits per heavy atom. The molecule has 1 fully saturated rings. The molecule has 1 aromatic carbocycles. The van der Waals surface area contributed by atoms with Crippen LogP contribution in [-0.2, 0) is 9.59 Å². The van der Waals surface area contributed by atoms with E-state index >= 15 is 0 Å². The minimum atomic E-state index is -1.000. The van der Waals surface area contributed by atoms with E-state index in [9.17, 15) is 19.7 Å². The van der Waals surface area contributed by atoms with E-state index in [0.29, 0.717) is 20.6 Å². The number of carboxylic acids is 1. The number of thiocarbonyl (C=S) groups is 1. The predicted molar refractivity (Wildman–Crippen MR) is 105 cm³/mol. The Kier molecular flexibility index (Phi) is 5.38. The van der Waals surface area contributed by atoms with Gasteiger partial charge in [-0.2, -0.15) is 0 Å². The van der Waals surface area contributed by atoms with Gasteiger partial charge >= 0.3 is 5.97 Å². The first-order valence-corrected chi connectivity index (χ1v) is 8.98. The number of hydrogen-bond donors (Lipinski definition) is 1. The smallest absolute Gasteiger partial charge is 0.305 e. The number of amides is 1. The molecule has 138 valence electrons. The molecule has 0 saturated carbocycles. The average Bonchev–Trinajstić information content (AvgIpc) is 3.18. The normalized spacial score (nSPS) is 15.6. The van der Waals surface area contributed by atoms with Crippen LogP contribution < -0.4 is 0 Å². The minimum absolute atomic E-state index is 0.00763. The van der Waals surface area contributed by atoms with Crippen molar-refractivity contribution in [2.45, 2.75) is 6.42 Å². The molecule has 0 aliphatic carbocycles. The zero-order valence-electron chi connectivity index (χ0n) is 13.8. The Bertz CT molecular complexity index is 965. The summed E-state index contributed by atoms with van der Waals surface area (Å²) >= 11 is 6.29. The Balaban J connectivity index is 1.85. The molecule has 0 unspecified atom stereocenters. The van der Waals surface area contributed by atoms with Crippen molar-refractivity contribution in [2.75, 3.05) is 6.54 Å². The molecule has 2 heterocycles. The molecule has 0 spiro atoms. The molecule has 0 bridgehead atoms. The highest BCUT2D eigenvalue weighted by Crippen LogP contribution is 2.33. The Morgan fingerprint density at radius 3 is 2.63 bits per heavy atom. The largest absolute Gasteiger partial charge is 0.481 e. The Labute approximate surface area is 163 Å². The maximum absolute atomic E-state index is 12.5. The van der Waals surface area contributed by atoms with Crippen LogP contribution in [0.4, 0.5) is 5.69 Å². The lowest BCUT2D eigenvalue weighted by Crippen LogP contribution is -2.30. The monoisotopic (exact) mass is 403 g/mol. The predicted octanol–water partition coefficient (Wildman–Crippen LogP) is 3.06. The van der Waals surface area contributed by atoms with Gasteiger partial charge in [0.05, 0.1) is 16.2 Å². The number of carbonyl (C=O) groups is 2. The lowest BCUT2D eigenvalue weighted by molar-refractivity contribution is -0.384. The lowest BCUT2D eigenvalue weighted by Gasteiger charge is -2.12. The summed E-state index contributed by atoms with van der Waals surface area (Å²) in [7, 11) is 0. The zero-order valence-corrected chi connectivity index (χ0v) is 15.4. The number of thioether (sulfide) groups is 1. The molecule has 1 saturated heterocycles. The van der Waals surface area contributed by atoms with Crippen LogP contribution in [0.1, 0.15) is 12.1 Å². The second-order valence-corrected chi connectivity index (χ2v) is 7.23. The van der Waals surface area contributed by atoms with Crippen LogP contribution in [0.15, 0.2) is 47.5 Å². The van der Waals surface area contributed by atoms with Gasteiger partial charge < -0.3 is 9.67 Å². The fourth-order valence-corrected chi connectivity index (χ4v) is 3.81. The number of aromatic nitrogens is 1. The zero-order chi connectivity index (χ0) is 19.6. The van der Waals surface area contributed by atoms with E-state index in [4.69, 9.17) is 17.3 Å². The van der Waals surface area contributed by atoms with Crippen molar-refractivity contribution in [3.05, 3.63) is 63.3 Å². The number of aliphatic carboxylic acids is 1. The third kappa shape index (κ3) is 4.07. The highest BCUT2D eigenvalue weighted by molar-refractivity contribution is 8.26.